The van der Waals surface area contributed by atoms with Crippen molar-refractivity contribution >= 4 is 5.57 Å². The van der Waals surface area contributed by atoms with Crippen LogP contribution in [-0.2, 0) is 6.54 Å². The fourth-order valence-electron chi connectivity index (χ4n) is 2.65. The van der Waals surface area contributed by atoms with E-state index in [2.05, 4.69) is 52.8 Å². The molecule has 0 bridgehead atoms. The molecule has 0 radical (unpaired) electrons. The van der Waals surface area contributed by atoms with Crippen molar-refractivity contribution in [1.29, 1.82) is 0 Å². The maximum atomic E-state index is 3.25. The summed E-state index contributed by atoms with van der Waals surface area (Å²) in [6.07, 6.45) is 9.16. The molecule has 2 heteroatoms. The predicted octanol–water partition coefficient (Wildman–Crippen LogP) is 2.78. The van der Waals surface area contributed by atoms with Crippen LogP contribution in [0, 0.1) is 0 Å². The number of likely N-dealkylation sites (tertiary alicyclic amines) is 1. The van der Waals surface area contributed by atoms with Crippen molar-refractivity contribution in [3.8, 4) is 0 Å². The van der Waals surface area contributed by atoms with E-state index in [0.717, 1.165) is 13.1 Å². The van der Waals surface area contributed by atoms with Crippen molar-refractivity contribution in [2.24, 2.45) is 0 Å². The van der Waals surface area contributed by atoms with Crippen LogP contribution >= 0.6 is 0 Å². The third-order valence-electron chi connectivity index (χ3n) is 3.68. The minimum Gasteiger partial charge on any atom is -0.387 e. The molecule has 1 aromatic rings. The number of nitrogens with one attached hydrogen (secondary N) is 1. The Morgan fingerprint density at radius 1 is 1.06 bits per heavy atom. The minimum absolute atomic E-state index is 0.941. The van der Waals surface area contributed by atoms with Gasteiger partial charge in [-0.3, -0.25) is 4.90 Å². The highest BCUT2D eigenvalue weighted by Gasteiger charge is 2.11. The summed E-state index contributed by atoms with van der Waals surface area (Å²) < 4.78 is 0. The van der Waals surface area contributed by atoms with Crippen LogP contribution < -0.4 is 5.32 Å². The minimum atomic E-state index is 0.941. The maximum absolute atomic E-state index is 3.25. The van der Waals surface area contributed by atoms with Crippen molar-refractivity contribution < 1.29 is 0 Å². The van der Waals surface area contributed by atoms with Gasteiger partial charge < -0.3 is 5.32 Å². The summed E-state index contributed by atoms with van der Waals surface area (Å²) in [7, 11) is 0. The Hall–Kier alpha value is -1.54. The number of nitrogens with zero attached hydrogens (tertiary/aromatic N) is 1. The first-order valence-electron chi connectivity index (χ1n) is 6.83. The molecule has 18 heavy (non-hydrogen) atoms. The van der Waals surface area contributed by atoms with Gasteiger partial charge in [-0.2, -0.15) is 0 Å². The monoisotopic (exact) mass is 240 g/mol. The normalized spacial score (nSPS) is 19.7. The number of dihydropyridines is 1. The average molecular weight is 240 g/mol. The predicted molar refractivity (Wildman–Crippen MR) is 76.1 cm³/mol. The van der Waals surface area contributed by atoms with Crippen LogP contribution in [0.4, 0.5) is 0 Å². The summed E-state index contributed by atoms with van der Waals surface area (Å²) in [5.41, 5.74) is 3.99. The first kappa shape index (κ1) is 11.5. The molecule has 3 rings (SSSR count). The summed E-state index contributed by atoms with van der Waals surface area (Å²) in [4.78, 5) is 2.54. The van der Waals surface area contributed by atoms with E-state index in [9.17, 15) is 0 Å². The van der Waals surface area contributed by atoms with Gasteiger partial charge in [0.05, 0.1) is 0 Å². The highest BCUT2D eigenvalue weighted by atomic mass is 15.1. The molecular weight excluding hydrogens is 220 g/mol. The van der Waals surface area contributed by atoms with Gasteiger partial charge in [-0.05, 0) is 42.6 Å². The molecule has 0 aromatic heterocycles. The molecule has 1 N–H and O–H groups in total. The van der Waals surface area contributed by atoms with Crippen molar-refractivity contribution in [1.82, 2.24) is 10.2 Å². The zero-order valence-electron chi connectivity index (χ0n) is 10.7. The van der Waals surface area contributed by atoms with E-state index in [0.29, 0.717) is 0 Å². The lowest BCUT2D eigenvalue weighted by Gasteiger charge is -2.15. The maximum Gasteiger partial charge on any atom is 0.0328 e. The SMILES string of the molecule is C1=CC(c2ccc(CN3CCCC3)cc2)=CNC1. The van der Waals surface area contributed by atoms with E-state index in [1.165, 1.54) is 42.6 Å². The fourth-order valence-corrected chi connectivity index (χ4v) is 2.65. The molecule has 0 saturated carbocycles. The topological polar surface area (TPSA) is 15.3 Å². The summed E-state index contributed by atoms with van der Waals surface area (Å²) >= 11 is 0. The van der Waals surface area contributed by atoms with E-state index >= 15 is 0 Å². The van der Waals surface area contributed by atoms with Crippen LogP contribution in [0.25, 0.3) is 5.57 Å². The van der Waals surface area contributed by atoms with Gasteiger partial charge >= 0.3 is 0 Å². The van der Waals surface area contributed by atoms with Gasteiger partial charge in [0.1, 0.15) is 0 Å². The standard InChI is InChI=1S/C16H20N2/c1-2-11-18(10-1)13-14-5-7-15(8-6-14)16-4-3-9-17-12-16/h3-8,12,17H,1-2,9-11,13H2. The van der Waals surface area contributed by atoms with Gasteiger partial charge in [-0.25, -0.2) is 0 Å². The smallest absolute Gasteiger partial charge is 0.0328 e. The molecule has 1 fully saturated rings. The Balaban J connectivity index is 1.68. The average Bonchev–Trinajstić information content (AvgIpc) is 2.94. The van der Waals surface area contributed by atoms with E-state index < -0.39 is 0 Å². The van der Waals surface area contributed by atoms with E-state index in [4.69, 9.17) is 0 Å². The zero-order chi connectivity index (χ0) is 12.2. The molecule has 2 aliphatic rings. The lowest BCUT2D eigenvalue weighted by molar-refractivity contribution is 0.331. The largest absolute Gasteiger partial charge is 0.387 e. The van der Waals surface area contributed by atoms with E-state index in [-0.39, 0.29) is 0 Å². The summed E-state index contributed by atoms with van der Waals surface area (Å²) in [5, 5.41) is 3.25. The van der Waals surface area contributed by atoms with Gasteiger partial charge in [0.25, 0.3) is 0 Å². The lowest BCUT2D eigenvalue weighted by Crippen LogP contribution is -2.18. The fraction of sp³-hybridized carbons (Fsp3) is 0.375. The Labute approximate surface area is 109 Å². The van der Waals surface area contributed by atoms with Gasteiger partial charge in [-0.15, -0.1) is 0 Å². The molecule has 2 nitrogen and oxygen atoms in total. The number of hydrogen-bond donors (Lipinski definition) is 1. The van der Waals surface area contributed by atoms with Crippen molar-refractivity contribution in [2.45, 2.75) is 19.4 Å². The second kappa shape index (κ2) is 5.40. The molecule has 0 spiro atoms. The lowest BCUT2D eigenvalue weighted by atomic mass is 10.0. The number of benzene rings is 1. The molecule has 0 aliphatic carbocycles. The van der Waals surface area contributed by atoms with Crippen molar-refractivity contribution in [3.05, 3.63) is 53.7 Å². The van der Waals surface area contributed by atoms with Crippen LogP contribution in [0.3, 0.4) is 0 Å². The quantitative estimate of drug-likeness (QED) is 0.874. The third kappa shape index (κ3) is 2.65. The molecule has 1 saturated heterocycles. The number of hydrogen-bond acceptors (Lipinski definition) is 2. The second-order valence-corrected chi connectivity index (χ2v) is 5.09. The van der Waals surface area contributed by atoms with E-state index in [1.807, 2.05) is 0 Å². The molecule has 94 valence electrons. The van der Waals surface area contributed by atoms with Crippen molar-refractivity contribution in [2.75, 3.05) is 19.6 Å². The van der Waals surface area contributed by atoms with Crippen LogP contribution in [0.15, 0.2) is 42.6 Å². The Kier molecular flexibility index (Phi) is 3.47. The van der Waals surface area contributed by atoms with Gasteiger partial charge in [-0.1, -0.05) is 36.4 Å². The molecular formula is C16H20N2. The Bertz CT molecular complexity index is 450. The molecule has 0 unspecified atom stereocenters. The molecule has 0 amide bonds. The van der Waals surface area contributed by atoms with Gasteiger partial charge in [0.2, 0.25) is 0 Å². The highest BCUT2D eigenvalue weighted by molar-refractivity contribution is 5.74. The number of rotatable bonds is 3. The zero-order valence-corrected chi connectivity index (χ0v) is 10.7. The first-order valence-corrected chi connectivity index (χ1v) is 6.83. The Morgan fingerprint density at radius 3 is 2.50 bits per heavy atom. The Morgan fingerprint density at radius 2 is 1.83 bits per heavy atom. The van der Waals surface area contributed by atoms with Crippen LogP contribution in [0.5, 0.6) is 0 Å². The molecule has 0 atom stereocenters. The summed E-state index contributed by atoms with van der Waals surface area (Å²) in [5.74, 6) is 0. The summed E-state index contributed by atoms with van der Waals surface area (Å²) in [6, 6.07) is 8.98. The van der Waals surface area contributed by atoms with Crippen LogP contribution in [-0.4, -0.2) is 24.5 Å². The molecule has 2 heterocycles. The van der Waals surface area contributed by atoms with E-state index in [1.54, 1.807) is 0 Å². The first-order chi connectivity index (χ1) is 8.92. The molecule has 1 aromatic carbocycles. The van der Waals surface area contributed by atoms with Crippen LogP contribution in [0.1, 0.15) is 24.0 Å². The number of allylic oxidation sites excluding steroid dienone is 2. The third-order valence-corrected chi connectivity index (χ3v) is 3.68. The van der Waals surface area contributed by atoms with Gasteiger partial charge in [0.15, 0.2) is 0 Å². The highest BCUT2D eigenvalue weighted by Crippen LogP contribution is 2.19. The van der Waals surface area contributed by atoms with Crippen molar-refractivity contribution in [3.63, 3.8) is 0 Å². The summed E-state index contributed by atoms with van der Waals surface area (Å²) in [6.45, 7) is 4.57. The van der Waals surface area contributed by atoms with Crippen LogP contribution in [0.2, 0.25) is 0 Å². The molecule has 2 aliphatic heterocycles. The second-order valence-electron chi connectivity index (χ2n) is 5.09. The van der Waals surface area contributed by atoms with Gasteiger partial charge in [0, 0.05) is 19.3 Å².